The molecule has 0 bridgehead atoms. The highest BCUT2D eigenvalue weighted by Gasteiger charge is 2.29. The lowest BCUT2D eigenvalue weighted by atomic mass is 10.1. The number of aliphatic imine (C=N–C) groups is 1. The van der Waals surface area contributed by atoms with Crippen LogP contribution in [0.15, 0.2) is 53.5 Å². The van der Waals surface area contributed by atoms with Crippen molar-refractivity contribution in [1.82, 2.24) is 10.2 Å². The van der Waals surface area contributed by atoms with Crippen LogP contribution < -0.4 is 10.6 Å². The molecule has 0 spiro atoms. The number of benzene rings is 2. The normalized spacial score (nSPS) is 11.4. The molecule has 0 radical (unpaired) electrons. The summed E-state index contributed by atoms with van der Waals surface area (Å²) in [5, 5.41) is 5.94. The van der Waals surface area contributed by atoms with E-state index in [-0.39, 0.29) is 29.9 Å². The third-order valence-corrected chi connectivity index (χ3v) is 3.97. The van der Waals surface area contributed by atoms with Crippen molar-refractivity contribution in [1.29, 1.82) is 0 Å². The van der Waals surface area contributed by atoms with Gasteiger partial charge in [0.2, 0.25) is 5.91 Å². The molecular formula is C20H24F3IN4O. The molecule has 2 aromatic carbocycles. The first kappa shape index (κ1) is 24.7. The summed E-state index contributed by atoms with van der Waals surface area (Å²) in [5.74, 6) is 0.460. The van der Waals surface area contributed by atoms with Gasteiger partial charge in [-0.05, 0) is 35.4 Å². The summed E-state index contributed by atoms with van der Waals surface area (Å²) in [4.78, 5) is 17.2. The SMILES string of the molecule is CN=C(NCc1cccc(NC(C)=O)c1)N(C)Cc1ccc(C(F)(F)F)cc1.I. The summed E-state index contributed by atoms with van der Waals surface area (Å²) < 4.78 is 38.0. The van der Waals surface area contributed by atoms with E-state index in [4.69, 9.17) is 0 Å². The number of rotatable bonds is 5. The van der Waals surface area contributed by atoms with Crippen molar-refractivity contribution < 1.29 is 18.0 Å². The van der Waals surface area contributed by atoms with E-state index in [9.17, 15) is 18.0 Å². The van der Waals surface area contributed by atoms with Gasteiger partial charge in [-0.1, -0.05) is 24.3 Å². The van der Waals surface area contributed by atoms with E-state index >= 15 is 0 Å². The fourth-order valence-corrected chi connectivity index (χ4v) is 2.68. The van der Waals surface area contributed by atoms with Crippen LogP contribution in [-0.2, 0) is 24.1 Å². The molecule has 9 heteroatoms. The summed E-state index contributed by atoms with van der Waals surface area (Å²) >= 11 is 0. The van der Waals surface area contributed by atoms with E-state index in [1.165, 1.54) is 19.1 Å². The molecule has 0 atom stereocenters. The fourth-order valence-electron chi connectivity index (χ4n) is 2.68. The van der Waals surface area contributed by atoms with Gasteiger partial charge in [-0.15, -0.1) is 24.0 Å². The van der Waals surface area contributed by atoms with Crippen LogP contribution in [0.3, 0.4) is 0 Å². The summed E-state index contributed by atoms with van der Waals surface area (Å²) in [6, 6.07) is 12.5. The number of amides is 1. The van der Waals surface area contributed by atoms with Gasteiger partial charge in [0, 0.05) is 39.8 Å². The number of nitrogens with zero attached hydrogens (tertiary/aromatic N) is 2. The highest BCUT2D eigenvalue weighted by atomic mass is 127. The lowest BCUT2D eigenvalue weighted by Gasteiger charge is -2.22. The van der Waals surface area contributed by atoms with Crippen LogP contribution in [0, 0.1) is 0 Å². The molecule has 0 aliphatic heterocycles. The van der Waals surface area contributed by atoms with Crippen molar-refractivity contribution in [2.75, 3.05) is 19.4 Å². The van der Waals surface area contributed by atoms with E-state index in [1.54, 1.807) is 20.2 Å². The molecule has 2 rings (SSSR count). The van der Waals surface area contributed by atoms with Crippen LogP contribution in [0.2, 0.25) is 0 Å². The summed E-state index contributed by atoms with van der Waals surface area (Å²) in [6.07, 6.45) is -4.34. The van der Waals surface area contributed by atoms with Crippen LogP contribution >= 0.6 is 24.0 Å². The zero-order valence-electron chi connectivity index (χ0n) is 16.4. The molecular weight excluding hydrogens is 496 g/mol. The Bertz CT molecular complexity index is 838. The average molecular weight is 520 g/mol. The maximum absolute atomic E-state index is 12.7. The van der Waals surface area contributed by atoms with E-state index in [0.29, 0.717) is 24.7 Å². The van der Waals surface area contributed by atoms with Crippen LogP contribution in [0.1, 0.15) is 23.6 Å². The minimum atomic E-state index is -4.34. The van der Waals surface area contributed by atoms with Gasteiger partial charge in [0.05, 0.1) is 5.56 Å². The molecule has 2 N–H and O–H groups in total. The summed E-state index contributed by atoms with van der Waals surface area (Å²) in [5.41, 5.74) is 1.74. The maximum Gasteiger partial charge on any atom is 0.416 e. The number of halogens is 4. The van der Waals surface area contributed by atoms with Crippen molar-refractivity contribution in [3.05, 3.63) is 65.2 Å². The molecule has 0 unspecified atom stereocenters. The Kier molecular flexibility index (Phi) is 9.41. The Hall–Kier alpha value is -2.30. The topological polar surface area (TPSA) is 56.7 Å². The van der Waals surface area contributed by atoms with Crippen molar-refractivity contribution in [3.8, 4) is 0 Å². The number of alkyl halides is 3. The number of anilines is 1. The quantitative estimate of drug-likeness (QED) is 0.347. The van der Waals surface area contributed by atoms with Gasteiger partial charge in [-0.3, -0.25) is 9.79 Å². The third kappa shape index (κ3) is 7.92. The van der Waals surface area contributed by atoms with E-state index in [1.807, 2.05) is 23.1 Å². The Morgan fingerprint density at radius 1 is 1.10 bits per heavy atom. The van der Waals surface area contributed by atoms with Gasteiger partial charge in [0.1, 0.15) is 0 Å². The lowest BCUT2D eigenvalue weighted by Crippen LogP contribution is -2.38. The van der Waals surface area contributed by atoms with Crippen LogP contribution in [-0.4, -0.2) is 30.9 Å². The third-order valence-electron chi connectivity index (χ3n) is 3.97. The Balaban J connectivity index is 0.00000420. The maximum atomic E-state index is 12.7. The van der Waals surface area contributed by atoms with Crippen molar-refractivity contribution in [2.45, 2.75) is 26.2 Å². The van der Waals surface area contributed by atoms with Crippen molar-refractivity contribution >= 4 is 41.5 Å². The number of guanidine groups is 1. The fraction of sp³-hybridized carbons (Fsp3) is 0.300. The van der Waals surface area contributed by atoms with Crippen molar-refractivity contribution in [2.24, 2.45) is 4.99 Å². The lowest BCUT2D eigenvalue weighted by molar-refractivity contribution is -0.137. The van der Waals surface area contributed by atoms with E-state index in [0.717, 1.165) is 23.3 Å². The number of carbonyl (C=O) groups is 1. The first-order valence-electron chi connectivity index (χ1n) is 8.63. The highest BCUT2D eigenvalue weighted by Crippen LogP contribution is 2.29. The molecule has 5 nitrogen and oxygen atoms in total. The molecule has 0 fully saturated rings. The predicted octanol–water partition coefficient (Wildman–Crippen LogP) is 4.49. The monoisotopic (exact) mass is 520 g/mol. The van der Waals surface area contributed by atoms with Gasteiger partial charge in [0.15, 0.2) is 5.96 Å². The second kappa shape index (κ2) is 11.0. The van der Waals surface area contributed by atoms with Gasteiger partial charge < -0.3 is 15.5 Å². The minimum absolute atomic E-state index is 0. The number of hydrogen-bond donors (Lipinski definition) is 2. The molecule has 0 heterocycles. The second-order valence-electron chi connectivity index (χ2n) is 6.33. The van der Waals surface area contributed by atoms with Crippen LogP contribution in [0.4, 0.5) is 18.9 Å². The molecule has 0 saturated heterocycles. The van der Waals surface area contributed by atoms with Gasteiger partial charge in [-0.25, -0.2) is 0 Å². The molecule has 2 aromatic rings. The smallest absolute Gasteiger partial charge is 0.352 e. The first-order valence-corrected chi connectivity index (χ1v) is 8.63. The first-order chi connectivity index (χ1) is 13.2. The standard InChI is InChI=1S/C20H23F3N4O.HI/c1-14(28)26-18-6-4-5-16(11-18)12-25-19(24-2)27(3)13-15-7-9-17(10-8-15)20(21,22)23;/h4-11H,12-13H2,1-3H3,(H,24,25)(H,26,28);1H. The molecule has 0 aliphatic rings. The molecule has 0 saturated carbocycles. The largest absolute Gasteiger partial charge is 0.416 e. The zero-order chi connectivity index (χ0) is 20.7. The van der Waals surface area contributed by atoms with Gasteiger partial charge in [0.25, 0.3) is 0 Å². The zero-order valence-corrected chi connectivity index (χ0v) is 18.7. The van der Waals surface area contributed by atoms with Crippen molar-refractivity contribution in [3.63, 3.8) is 0 Å². The van der Waals surface area contributed by atoms with E-state index < -0.39 is 11.7 Å². The Morgan fingerprint density at radius 3 is 2.31 bits per heavy atom. The van der Waals surface area contributed by atoms with E-state index in [2.05, 4.69) is 15.6 Å². The Morgan fingerprint density at radius 2 is 1.76 bits per heavy atom. The molecule has 0 aromatic heterocycles. The highest BCUT2D eigenvalue weighted by molar-refractivity contribution is 14.0. The van der Waals surface area contributed by atoms with Gasteiger partial charge in [-0.2, -0.15) is 13.2 Å². The number of carbonyl (C=O) groups excluding carboxylic acids is 1. The summed E-state index contributed by atoms with van der Waals surface area (Å²) in [7, 11) is 3.44. The van der Waals surface area contributed by atoms with Crippen LogP contribution in [0.25, 0.3) is 0 Å². The molecule has 0 aliphatic carbocycles. The molecule has 1 amide bonds. The molecule has 29 heavy (non-hydrogen) atoms. The second-order valence-corrected chi connectivity index (χ2v) is 6.33. The van der Waals surface area contributed by atoms with Crippen LogP contribution in [0.5, 0.6) is 0 Å². The molecule has 158 valence electrons. The number of nitrogens with one attached hydrogen (secondary N) is 2. The summed E-state index contributed by atoms with van der Waals surface area (Å²) in [6.45, 7) is 2.34. The van der Waals surface area contributed by atoms with Gasteiger partial charge >= 0.3 is 6.18 Å². The minimum Gasteiger partial charge on any atom is -0.352 e. The predicted molar refractivity (Wildman–Crippen MR) is 119 cm³/mol. The number of hydrogen-bond acceptors (Lipinski definition) is 2. The Labute approximate surface area is 185 Å². The average Bonchev–Trinajstić information content (AvgIpc) is 2.61.